The van der Waals surface area contributed by atoms with Crippen LogP contribution in [0, 0.1) is 6.92 Å². The first-order valence-corrected chi connectivity index (χ1v) is 7.47. The lowest BCUT2D eigenvalue weighted by atomic mass is 10.1. The summed E-state index contributed by atoms with van der Waals surface area (Å²) in [5.41, 5.74) is 3.33. The van der Waals surface area contributed by atoms with Crippen LogP contribution < -0.4 is 0 Å². The average molecular weight is 311 g/mol. The fourth-order valence-corrected chi connectivity index (χ4v) is 2.58. The van der Waals surface area contributed by atoms with Gasteiger partial charge in [0.25, 0.3) is 0 Å². The molecule has 3 aromatic rings. The van der Waals surface area contributed by atoms with Crippen LogP contribution in [0.4, 0.5) is 0 Å². The molecule has 0 amide bonds. The molecule has 0 fully saturated rings. The van der Waals surface area contributed by atoms with Crippen molar-refractivity contribution in [2.75, 3.05) is 0 Å². The van der Waals surface area contributed by atoms with Crippen molar-refractivity contribution in [3.63, 3.8) is 0 Å². The van der Waals surface area contributed by atoms with Crippen molar-refractivity contribution in [3.8, 4) is 11.3 Å². The van der Waals surface area contributed by atoms with E-state index in [1.165, 1.54) is 0 Å². The van der Waals surface area contributed by atoms with Crippen LogP contribution >= 0.6 is 11.5 Å². The van der Waals surface area contributed by atoms with E-state index in [1.807, 2.05) is 37.3 Å². The number of hydrogen-bond acceptors (Lipinski definition) is 6. The maximum absolute atomic E-state index is 12.3. The summed E-state index contributed by atoms with van der Waals surface area (Å²) in [6.07, 6.45) is 3.31. The van der Waals surface area contributed by atoms with E-state index in [0.717, 1.165) is 28.2 Å². The van der Waals surface area contributed by atoms with Crippen molar-refractivity contribution in [2.24, 2.45) is 0 Å². The molecule has 0 aliphatic rings. The molecule has 0 radical (unpaired) electrons. The fourth-order valence-electron chi connectivity index (χ4n) is 2.00. The van der Waals surface area contributed by atoms with Crippen LogP contribution in [-0.4, -0.2) is 20.5 Å². The number of aryl methyl sites for hydroxylation is 1. The van der Waals surface area contributed by atoms with E-state index in [-0.39, 0.29) is 6.61 Å². The minimum atomic E-state index is -0.419. The van der Waals surface area contributed by atoms with Gasteiger partial charge in [0.05, 0.1) is 0 Å². The Morgan fingerprint density at radius 2 is 2.09 bits per heavy atom. The van der Waals surface area contributed by atoms with Crippen molar-refractivity contribution < 1.29 is 9.53 Å². The lowest BCUT2D eigenvalue weighted by Gasteiger charge is -2.06. The van der Waals surface area contributed by atoms with Gasteiger partial charge in [0.1, 0.15) is 12.3 Å². The third-order valence-corrected chi connectivity index (χ3v) is 3.93. The molecule has 0 saturated heterocycles. The number of ether oxygens (including phenoxy) is 1. The monoisotopic (exact) mass is 311 g/mol. The first-order valence-electron chi connectivity index (χ1n) is 6.70. The van der Waals surface area contributed by atoms with Crippen molar-refractivity contribution in [1.82, 2.24) is 14.6 Å². The Kier molecular flexibility index (Phi) is 4.20. The molecule has 22 heavy (non-hydrogen) atoms. The van der Waals surface area contributed by atoms with E-state index in [4.69, 9.17) is 4.74 Å². The second-order valence-corrected chi connectivity index (χ2v) is 5.45. The number of carbonyl (C=O) groups excluding carboxylic acids is 1. The molecule has 5 nitrogen and oxygen atoms in total. The maximum atomic E-state index is 12.3. The van der Waals surface area contributed by atoms with Crippen LogP contribution in [0.25, 0.3) is 11.3 Å². The highest BCUT2D eigenvalue weighted by Crippen LogP contribution is 2.24. The van der Waals surface area contributed by atoms with Gasteiger partial charge in [0, 0.05) is 18.0 Å². The average Bonchev–Trinajstić information content (AvgIpc) is 3.04. The molecule has 0 spiro atoms. The van der Waals surface area contributed by atoms with Crippen LogP contribution in [-0.2, 0) is 11.3 Å². The van der Waals surface area contributed by atoms with E-state index < -0.39 is 5.97 Å². The number of carbonyl (C=O) groups is 1. The van der Waals surface area contributed by atoms with E-state index in [1.54, 1.807) is 18.5 Å². The Morgan fingerprint density at radius 3 is 2.86 bits per heavy atom. The number of rotatable bonds is 4. The van der Waals surface area contributed by atoms with Crippen molar-refractivity contribution >= 4 is 17.5 Å². The highest BCUT2D eigenvalue weighted by atomic mass is 32.1. The Bertz CT molecular complexity index is 787. The lowest BCUT2D eigenvalue weighted by molar-refractivity contribution is 0.0478. The summed E-state index contributed by atoms with van der Waals surface area (Å²) in [7, 11) is 0. The summed E-state index contributed by atoms with van der Waals surface area (Å²) in [6.45, 7) is 2.22. The van der Waals surface area contributed by atoms with Crippen molar-refractivity contribution in [2.45, 2.75) is 13.5 Å². The summed E-state index contributed by atoms with van der Waals surface area (Å²) >= 11 is 1.03. The quantitative estimate of drug-likeness (QED) is 0.692. The molecule has 110 valence electrons. The van der Waals surface area contributed by atoms with Crippen LogP contribution in [0.1, 0.15) is 20.8 Å². The normalized spacial score (nSPS) is 10.4. The molecule has 1 aromatic carbocycles. The summed E-state index contributed by atoms with van der Waals surface area (Å²) in [6, 6.07) is 11.4. The minimum absolute atomic E-state index is 0.232. The van der Waals surface area contributed by atoms with Crippen LogP contribution in [0.15, 0.2) is 48.8 Å². The van der Waals surface area contributed by atoms with E-state index in [9.17, 15) is 4.79 Å². The Balaban J connectivity index is 1.77. The van der Waals surface area contributed by atoms with Gasteiger partial charge in [0.2, 0.25) is 0 Å². The number of esters is 1. The van der Waals surface area contributed by atoms with Gasteiger partial charge in [-0.1, -0.05) is 28.8 Å². The fraction of sp³-hybridized carbons (Fsp3) is 0.125. The predicted octanol–water partition coefficient (Wildman–Crippen LogP) is 3.27. The first-order chi connectivity index (χ1) is 10.8. The highest BCUT2D eigenvalue weighted by molar-refractivity contribution is 7.08. The molecule has 0 bridgehead atoms. The third kappa shape index (κ3) is 3.01. The van der Waals surface area contributed by atoms with E-state index in [0.29, 0.717) is 10.6 Å². The zero-order valence-corrected chi connectivity index (χ0v) is 12.7. The molecular formula is C16H13N3O2S. The molecule has 0 unspecified atom stereocenters. The van der Waals surface area contributed by atoms with Gasteiger partial charge in [-0.25, -0.2) is 4.79 Å². The van der Waals surface area contributed by atoms with Gasteiger partial charge in [-0.05, 0) is 41.7 Å². The number of pyridine rings is 1. The molecule has 3 rings (SSSR count). The zero-order valence-electron chi connectivity index (χ0n) is 11.9. The first kappa shape index (κ1) is 14.3. The zero-order chi connectivity index (χ0) is 15.4. The Hall–Kier alpha value is -2.60. The number of aromatic nitrogens is 3. The topological polar surface area (TPSA) is 65.0 Å². The number of benzene rings is 1. The van der Waals surface area contributed by atoms with Crippen LogP contribution in [0.5, 0.6) is 0 Å². The largest absolute Gasteiger partial charge is 0.457 e. The third-order valence-electron chi connectivity index (χ3n) is 3.23. The summed E-state index contributed by atoms with van der Waals surface area (Å²) in [5.74, 6) is -0.419. The van der Waals surface area contributed by atoms with Crippen molar-refractivity contribution in [3.05, 3.63) is 64.8 Å². The van der Waals surface area contributed by atoms with Crippen molar-refractivity contribution in [1.29, 1.82) is 0 Å². The van der Waals surface area contributed by atoms with Gasteiger partial charge in [-0.3, -0.25) is 4.98 Å². The van der Waals surface area contributed by atoms with Gasteiger partial charge in [-0.2, -0.15) is 0 Å². The molecule has 2 aromatic heterocycles. The smallest absolute Gasteiger partial charge is 0.352 e. The molecule has 6 heteroatoms. The molecular weight excluding hydrogens is 298 g/mol. The Morgan fingerprint density at radius 1 is 1.23 bits per heavy atom. The molecule has 0 atom stereocenters. The summed E-state index contributed by atoms with van der Waals surface area (Å²) in [5, 5.41) is 4.01. The van der Waals surface area contributed by atoms with Crippen LogP contribution in [0.2, 0.25) is 0 Å². The van der Waals surface area contributed by atoms with E-state index >= 15 is 0 Å². The molecule has 0 N–H and O–H groups in total. The van der Waals surface area contributed by atoms with Gasteiger partial charge in [-0.15, -0.1) is 5.10 Å². The maximum Gasteiger partial charge on any atom is 0.352 e. The number of hydrogen-bond donors (Lipinski definition) is 0. The van der Waals surface area contributed by atoms with Crippen LogP contribution in [0.3, 0.4) is 0 Å². The lowest BCUT2D eigenvalue weighted by Crippen LogP contribution is -2.05. The molecule has 2 heterocycles. The molecule has 0 aliphatic heterocycles. The SMILES string of the molecule is Cc1ccccc1COC(=O)c1snnc1-c1cccnc1. The van der Waals surface area contributed by atoms with Gasteiger partial charge >= 0.3 is 5.97 Å². The summed E-state index contributed by atoms with van der Waals surface area (Å²) in [4.78, 5) is 16.7. The minimum Gasteiger partial charge on any atom is -0.457 e. The molecule has 0 saturated carbocycles. The predicted molar refractivity (Wildman–Crippen MR) is 83.4 cm³/mol. The van der Waals surface area contributed by atoms with Gasteiger partial charge in [0.15, 0.2) is 4.88 Å². The number of nitrogens with zero attached hydrogens (tertiary/aromatic N) is 3. The highest BCUT2D eigenvalue weighted by Gasteiger charge is 2.19. The summed E-state index contributed by atoms with van der Waals surface area (Å²) < 4.78 is 9.24. The standard InChI is InChI=1S/C16H13N3O2S/c1-11-5-2-3-6-13(11)10-21-16(20)15-14(18-19-22-15)12-7-4-8-17-9-12/h2-9H,10H2,1H3. The van der Waals surface area contributed by atoms with E-state index in [2.05, 4.69) is 14.6 Å². The Labute approximate surface area is 131 Å². The van der Waals surface area contributed by atoms with Gasteiger partial charge < -0.3 is 4.74 Å². The second kappa shape index (κ2) is 6.44. The molecule has 0 aliphatic carbocycles. The second-order valence-electron chi connectivity index (χ2n) is 4.69.